The van der Waals surface area contributed by atoms with E-state index in [2.05, 4.69) is 10.6 Å². The van der Waals surface area contributed by atoms with Crippen molar-refractivity contribution in [3.8, 4) is 0 Å². The van der Waals surface area contributed by atoms with Crippen molar-refractivity contribution >= 4 is 12.0 Å². The lowest BCUT2D eigenvalue weighted by atomic mass is 10.3. The van der Waals surface area contributed by atoms with E-state index in [-0.39, 0.29) is 0 Å². The summed E-state index contributed by atoms with van der Waals surface area (Å²) in [6.07, 6.45) is 0.835. The van der Waals surface area contributed by atoms with Crippen LogP contribution in [0.1, 0.15) is 13.3 Å². The first-order chi connectivity index (χ1) is 6.93. The quantitative estimate of drug-likeness (QED) is 0.534. The maximum absolute atomic E-state index is 11.1. The maximum Gasteiger partial charge on any atom is 0.325 e. The molecule has 15 heavy (non-hydrogen) atoms. The fourth-order valence-corrected chi connectivity index (χ4v) is 0.907. The normalized spacial score (nSPS) is 12.3. The van der Waals surface area contributed by atoms with Crippen molar-refractivity contribution in [1.29, 1.82) is 0 Å². The molecule has 0 bridgehead atoms. The minimum absolute atomic E-state index is 0.441. The Morgan fingerprint density at radius 1 is 1.40 bits per heavy atom. The predicted octanol–water partition coefficient (Wildman–Crippen LogP) is -0.290. The Hall–Kier alpha value is -1.30. The van der Waals surface area contributed by atoms with Crippen molar-refractivity contribution in [2.45, 2.75) is 19.4 Å². The smallest absolute Gasteiger partial charge is 0.325 e. The van der Waals surface area contributed by atoms with Crippen molar-refractivity contribution in [3.63, 3.8) is 0 Å². The van der Waals surface area contributed by atoms with Gasteiger partial charge in [-0.2, -0.15) is 0 Å². The van der Waals surface area contributed by atoms with Crippen LogP contribution in [0.15, 0.2) is 0 Å². The van der Waals surface area contributed by atoms with Gasteiger partial charge in [-0.25, -0.2) is 4.79 Å². The first kappa shape index (κ1) is 13.7. The number of rotatable bonds is 6. The summed E-state index contributed by atoms with van der Waals surface area (Å²) in [6, 6.07) is -1.30. The third kappa shape index (κ3) is 7.75. The molecule has 0 unspecified atom stereocenters. The Kier molecular flexibility index (Phi) is 6.44. The molecule has 1 atom stereocenters. The highest BCUT2D eigenvalue weighted by atomic mass is 16.4. The number of aliphatic carboxylic acids is 1. The molecule has 0 saturated heterocycles. The number of urea groups is 1. The summed E-state index contributed by atoms with van der Waals surface area (Å²) in [4.78, 5) is 23.5. The van der Waals surface area contributed by atoms with E-state index >= 15 is 0 Å². The largest absolute Gasteiger partial charge is 0.480 e. The van der Waals surface area contributed by atoms with Crippen LogP contribution in [0.2, 0.25) is 0 Å². The van der Waals surface area contributed by atoms with Gasteiger partial charge in [0.2, 0.25) is 0 Å². The molecule has 0 aromatic rings. The number of amides is 2. The summed E-state index contributed by atoms with van der Waals surface area (Å²) < 4.78 is 0. The zero-order valence-electron chi connectivity index (χ0n) is 9.41. The standard InChI is InChI=1S/C9H19N3O3/c1-7(8(13)14)11-9(15)10-5-4-6-12(2)3/h7H,4-6H2,1-3H3,(H,13,14)(H2,10,11,15)/t7-/m1/s1. The summed E-state index contributed by atoms with van der Waals surface area (Å²) in [5, 5.41) is 13.4. The third-order valence-electron chi connectivity index (χ3n) is 1.79. The third-order valence-corrected chi connectivity index (χ3v) is 1.79. The van der Waals surface area contributed by atoms with Gasteiger partial charge in [0.1, 0.15) is 6.04 Å². The van der Waals surface area contributed by atoms with E-state index in [0.29, 0.717) is 6.54 Å². The highest BCUT2D eigenvalue weighted by Gasteiger charge is 2.12. The number of carboxylic acids is 1. The van der Waals surface area contributed by atoms with E-state index in [1.807, 2.05) is 19.0 Å². The summed E-state index contributed by atoms with van der Waals surface area (Å²) in [7, 11) is 3.90. The van der Waals surface area contributed by atoms with Gasteiger partial charge < -0.3 is 20.6 Å². The summed E-state index contributed by atoms with van der Waals surface area (Å²) in [5.74, 6) is -1.04. The van der Waals surface area contributed by atoms with Crippen LogP contribution >= 0.6 is 0 Å². The number of carbonyl (C=O) groups is 2. The van der Waals surface area contributed by atoms with Crippen molar-refractivity contribution in [3.05, 3.63) is 0 Å². The van der Waals surface area contributed by atoms with Crippen LogP contribution in [-0.2, 0) is 4.79 Å². The highest BCUT2D eigenvalue weighted by Crippen LogP contribution is 1.83. The van der Waals surface area contributed by atoms with E-state index in [1.54, 1.807) is 0 Å². The minimum atomic E-state index is -1.04. The average Bonchev–Trinajstić information content (AvgIpc) is 2.12. The van der Waals surface area contributed by atoms with Gasteiger partial charge in [0.05, 0.1) is 0 Å². The molecule has 88 valence electrons. The molecule has 3 N–H and O–H groups in total. The van der Waals surface area contributed by atoms with Gasteiger partial charge in [-0.15, -0.1) is 0 Å². The molecule has 2 amide bonds. The van der Waals surface area contributed by atoms with E-state index in [9.17, 15) is 9.59 Å². The van der Waals surface area contributed by atoms with E-state index < -0.39 is 18.0 Å². The van der Waals surface area contributed by atoms with Gasteiger partial charge in [0.25, 0.3) is 0 Å². The topological polar surface area (TPSA) is 81.7 Å². The predicted molar refractivity (Wildman–Crippen MR) is 56.8 cm³/mol. The average molecular weight is 217 g/mol. The molecule has 0 aromatic carbocycles. The van der Waals surface area contributed by atoms with Gasteiger partial charge in [-0.1, -0.05) is 0 Å². The van der Waals surface area contributed by atoms with Gasteiger partial charge in [-0.3, -0.25) is 4.79 Å². The Morgan fingerprint density at radius 2 is 2.00 bits per heavy atom. The van der Waals surface area contributed by atoms with Crippen molar-refractivity contribution in [1.82, 2.24) is 15.5 Å². The molecule has 0 radical (unpaired) electrons. The zero-order valence-corrected chi connectivity index (χ0v) is 9.41. The Morgan fingerprint density at radius 3 is 2.47 bits per heavy atom. The highest BCUT2D eigenvalue weighted by molar-refractivity contribution is 5.82. The van der Waals surface area contributed by atoms with Crippen LogP contribution < -0.4 is 10.6 Å². The molecule has 6 nitrogen and oxygen atoms in total. The first-order valence-electron chi connectivity index (χ1n) is 4.85. The van der Waals surface area contributed by atoms with Crippen LogP contribution in [0.4, 0.5) is 4.79 Å². The van der Waals surface area contributed by atoms with Gasteiger partial charge in [0.15, 0.2) is 0 Å². The van der Waals surface area contributed by atoms with Crippen molar-refractivity contribution < 1.29 is 14.7 Å². The lowest BCUT2D eigenvalue weighted by molar-refractivity contribution is -0.138. The Balaban J connectivity index is 3.54. The van der Waals surface area contributed by atoms with Crippen LogP contribution in [0.25, 0.3) is 0 Å². The van der Waals surface area contributed by atoms with Crippen LogP contribution in [0, 0.1) is 0 Å². The monoisotopic (exact) mass is 217 g/mol. The molecule has 0 aliphatic rings. The SMILES string of the molecule is C[C@@H](NC(=O)NCCCN(C)C)C(=O)O. The molecular formula is C9H19N3O3. The molecule has 0 rings (SSSR count). The summed E-state index contributed by atoms with van der Waals surface area (Å²) >= 11 is 0. The second-order valence-electron chi connectivity index (χ2n) is 3.62. The lowest BCUT2D eigenvalue weighted by Crippen LogP contribution is -2.44. The van der Waals surface area contributed by atoms with E-state index in [0.717, 1.165) is 13.0 Å². The molecule has 6 heteroatoms. The fourth-order valence-electron chi connectivity index (χ4n) is 0.907. The molecule has 0 saturated carbocycles. The Labute approximate surface area is 89.6 Å². The molecule has 0 aliphatic heterocycles. The summed E-state index contributed by atoms with van der Waals surface area (Å²) in [5.41, 5.74) is 0. The van der Waals surface area contributed by atoms with Gasteiger partial charge in [0, 0.05) is 6.54 Å². The molecule has 0 aromatic heterocycles. The van der Waals surface area contributed by atoms with Gasteiger partial charge in [-0.05, 0) is 34.0 Å². The minimum Gasteiger partial charge on any atom is -0.480 e. The number of nitrogens with one attached hydrogen (secondary N) is 2. The first-order valence-corrected chi connectivity index (χ1v) is 4.85. The molecule has 0 spiro atoms. The van der Waals surface area contributed by atoms with Crippen LogP contribution in [0.5, 0.6) is 0 Å². The number of carboxylic acid groups (broad SMARTS) is 1. The van der Waals surface area contributed by atoms with E-state index in [4.69, 9.17) is 5.11 Å². The van der Waals surface area contributed by atoms with Crippen LogP contribution in [0.3, 0.4) is 0 Å². The maximum atomic E-state index is 11.1. The zero-order chi connectivity index (χ0) is 11.8. The number of nitrogens with zero attached hydrogens (tertiary/aromatic N) is 1. The molecule has 0 heterocycles. The molecular weight excluding hydrogens is 198 g/mol. The fraction of sp³-hybridized carbons (Fsp3) is 0.778. The summed E-state index contributed by atoms with van der Waals surface area (Å²) in [6.45, 7) is 2.84. The van der Waals surface area contributed by atoms with E-state index in [1.165, 1.54) is 6.92 Å². The molecule has 0 fully saturated rings. The number of carbonyl (C=O) groups excluding carboxylic acids is 1. The number of hydrogen-bond donors (Lipinski definition) is 3. The molecule has 0 aliphatic carbocycles. The lowest BCUT2D eigenvalue weighted by Gasteiger charge is -2.12. The van der Waals surface area contributed by atoms with Gasteiger partial charge >= 0.3 is 12.0 Å². The van der Waals surface area contributed by atoms with Crippen LogP contribution in [-0.4, -0.2) is 55.2 Å². The second-order valence-corrected chi connectivity index (χ2v) is 3.62. The second kappa shape index (κ2) is 7.05. The van der Waals surface area contributed by atoms with Crippen molar-refractivity contribution in [2.75, 3.05) is 27.2 Å². The Bertz CT molecular complexity index is 219. The number of hydrogen-bond acceptors (Lipinski definition) is 3. The van der Waals surface area contributed by atoms with Crippen molar-refractivity contribution in [2.24, 2.45) is 0 Å².